The standard InChI is InChI=1S/C17H24N4O/c1-3-9-21(10-4-2)17(22)15-7-5-6-8-16(15)19-12-14-11-18-13-20-14/h5-8,11,13,19H,3-4,9-10,12H2,1-2H3,(H,18,20). The van der Waals surface area contributed by atoms with E-state index in [4.69, 9.17) is 0 Å². The fourth-order valence-electron chi connectivity index (χ4n) is 2.42. The number of rotatable bonds is 8. The lowest BCUT2D eigenvalue weighted by Crippen LogP contribution is -2.33. The van der Waals surface area contributed by atoms with Crippen molar-refractivity contribution >= 4 is 11.6 Å². The zero-order chi connectivity index (χ0) is 15.8. The number of imidazole rings is 1. The van der Waals surface area contributed by atoms with Crippen LogP contribution in [-0.4, -0.2) is 33.9 Å². The Labute approximate surface area is 131 Å². The van der Waals surface area contributed by atoms with Crippen LogP contribution in [0.25, 0.3) is 0 Å². The van der Waals surface area contributed by atoms with Crippen molar-refractivity contribution in [3.63, 3.8) is 0 Å². The van der Waals surface area contributed by atoms with Crippen LogP contribution in [0.4, 0.5) is 5.69 Å². The van der Waals surface area contributed by atoms with Gasteiger partial charge in [-0.1, -0.05) is 26.0 Å². The number of hydrogen-bond donors (Lipinski definition) is 2. The van der Waals surface area contributed by atoms with Crippen molar-refractivity contribution in [2.24, 2.45) is 0 Å². The van der Waals surface area contributed by atoms with Crippen LogP contribution >= 0.6 is 0 Å². The second-order valence-corrected chi connectivity index (χ2v) is 5.27. The zero-order valence-electron chi connectivity index (χ0n) is 13.3. The monoisotopic (exact) mass is 300 g/mol. The van der Waals surface area contributed by atoms with Crippen LogP contribution in [-0.2, 0) is 6.54 Å². The van der Waals surface area contributed by atoms with Crippen LogP contribution in [0.3, 0.4) is 0 Å². The maximum Gasteiger partial charge on any atom is 0.255 e. The Morgan fingerprint density at radius 2 is 1.95 bits per heavy atom. The number of H-pyrrole nitrogens is 1. The second kappa shape index (κ2) is 8.22. The molecular weight excluding hydrogens is 276 g/mol. The molecule has 118 valence electrons. The molecule has 0 atom stereocenters. The van der Waals surface area contributed by atoms with Crippen molar-refractivity contribution in [2.75, 3.05) is 18.4 Å². The first-order valence-electron chi connectivity index (χ1n) is 7.85. The number of amides is 1. The average Bonchev–Trinajstić information content (AvgIpc) is 3.06. The van der Waals surface area contributed by atoms with E-state index in [0.29, 0.717) is 6.54 Å². The van der Waals surface area contributed by atoms with Crippen molar-refractivity contribution in [1.29, 1.82) is 0 Å². The Balaban J connectivity index is 2.13. The molecule has 1 aromatic carbocycles. The van der Waals surface area contributed by atoms with E-state index in [-0.39, 0.29) is 5.91 Å². The third kappa shape index (κ3) is 4.10. The molecule has 0 aliphatic heterocycles. The predicted octanol–water partition coefficient (Wildman–Crippen LogP) is 3.28. The van der Waals surface area contributed by atoms with E-state index in [0.717, 1.165) is 42.9 Å². The predicted molar refractivity (Wildman–Crippen MR) is 88.8 cm³/mol. The van der Waals surface area contributed by atoms with Gasteiger partial charge in [0, 0.05) is 25.0 Å². The summed E-state index contributed by atoms with van der Waals surface area (Å²) in [6, 6.07) is 7.68. The van der Waals surface area contributed by atoms with Crippen LogP contribution in [0.5, 0.6) is 0 Å². The average molecular weight is 300 g/mol. The summed E-state index contributed by atoms with van der Waals surface area (Å²) in [5, 5.41) is 3.32. The molecule has 0 unspecified atom stereocenters. The molecule has 2 aromatic rings. The van der Waals surface area contributed by atoms with Crippen molar-refractivity contribution in [3.05, 3.63) is 48.0 Å². The lowest BCUT2D eigenvalue weighted by Gasteiger charge is -2.23. The van der Waals surface area contributed by atoms with E-state index in [1.807, 2.05) is 29.2 Å². The van der Waals surface area contributed by atoms with Gasteiger partial charge in [0.2, 0.25) is 0 Å². The van der Waals surface area contributed by atoms with Gasteiger partial charge in [-0.05, 0) is 25.0 Å². The van der Waals surface area contributed by atoms with Crippen LogP contribution < -0.4 is 5.32 Å². The normalized spacial score (nSPS) is 10.5. The Hall–Kier alpha value is -2.30. The smallest absolute Gasteiger partial charge is 0.255 e. The van der Waals surface area contributed by atoms with E-state index >= 15 is 0 Å². The van der Waals surface area contributed by atoms with Crippen molar-refractivity contribution in [1.82, 2.24) is 14.9 Å². The molecule has 0 fully saturated rings. The lowest BCUT2D eigenvalue weighted by molar-refractivity contribution is 0.0756. The molecule has 0 saturated carbocycles. The summed E-state index contributed by atoms with van der Waals surface area (Å²) in [6.07, 6.45) is 5.36. The highest BCUT2D eigenvalue weighted by molar-refractivity contribution is 5.99. The van der Waals surface area contributed by atoms with Gasteiger partial charge in [0.05, 0.1) is 24.1 Å². The number of aromatic amines is 1. The molecule has 0 saturated heterocycles. The molecule has 22 heavy (non-hydrogen) atoms. The summed E-state index contributed by atoms with van der Waals surface area (Å²) < 4.78 is 0. The highest BCUT2D eigenvalue weighted by atomic mass is 16.2. The van der Waals surface area contributed by atoms with Gasteiger partial charge >= 0.3 is 0 Å². The van der Waals surface area contributed by atoms with Crippen LogP contribution in [0.1, 0.15) is 42.7 Å². The zero-order valence-corrected chi connectivity index (χ0v) is 13.3. The van der Waals surface area contributed by atoms with Crippen LogP contribution in [0.15, 0.2) is 36.8 Å². The number of nitrogens with zero attached hydrogens (tertiary/aromatic N) is 2. The first-order chi connectivity index (χ1) is 10.8. The molecular formula is C17H24N4O. The molecule has 5 heteroatoms. The molecule has 0 aliphatic carbocycles. The minimum absolute atomic E-state index is 0.0939. The van der Waals surface area contributed by atoms with E-state index in [1.54, 1.807) is 12.5 Å². The van der Waals surface area contributed by atoms with E-state index in [1.165, 1.54) is 0 Å². The van der Waals surface area contributed by atoms with Crippen molar-refractivity contribution in [3.8, 4) is 0 Å². The number of nitrogens with one attached hydrogen (secondary N) is 2. The van der Waals surface area contributed by atoms with Crippen molar-refractivity contribution < 1.29 is 4.79 Å². The fraction of sp³-hybridized carbons (Fsp3) is 0.412. The minimum atomic E-state index is 0.0939. The Morgan fingerprint density at radius 1 is 1.23 bits per heavy atom. The van der Waals surface area contributed by atoms with Crippen LogP contribution in [0.2, 0.25) is 0 Å². The maximum atomic E-state index is 12.8. The largest absolute Gasteiger partial charge is 0.379 e. The third-order valence-corrected chi connectivity index (χ3v) is 3.46. The topological polar surface area (TPSA) is 61.0 Å². The van der Waals surface area contributed by atoms with Gasteiger partial charge in [0.1, 0.15) is 0 Å². The molecule has 0 spiro atoms. The van der Waals surface area contributed by atoms with Gasteiger partial charge in [0.15, 0.2) is 0 Å². The highest BCUT2D eigenvalue weighted by Crippen LogP contribution is 2.18. The Kier molecular flexibility index (Phi) is 6.01. The molecule has 1 aromatic heterocycles. The number of anilines is 1. The van der Waals surface area contributed by atoms with Gasteiger partial charge in [-0.3, -0.25) is 4.79 Å². The molecule has 2 N–H and O–H groups in total. The molecule has 0 bridgehead atoms. The van der Waals surface area contributed by atoms with E-state index in [2.05, 4.69) is 29.1 Å². The summed E-state index contributed by atoms with van der Waals surface area (Å²) in [6.45, 7) is 6.39. The van der Waals surface area contributed by atoms with Gasteiger partial charge in [-0.25, -0.2) is 4.98 Å². The Bertz CT molecular complexity index is 574. The molecule has 2 rings (SSSR count). The lowest BCUT2D eigenvalue weighted by atomic mass is 10.1. The SMILES string of the molecule is CCCN(CCC)C(=O)c1ccccc1NCc1cnc[nH]1. The maximum absolute atomic E-state index is 12.8. The second-order valence-electron chi connectivity index (χ2n) is 5.27. The molecule has 5 nitrogen and oxygen atoms in total. The van der Waals surface area contributed by atoms with Crippen molar-refractivity contribution in [2.45, 2.75) is 33.2 Å². The van der Waals surface area contributed by atoms with Gasteiger partial charge in [0.25, 0.3) is 5.91 Å². The van der Waals surface area contributed by atoms with Crippen LogP contribution in [0, 0.1) is 0 Å². The summed E-state index contributed by atoms with van der Waals surface area (Å²) in [4.78, 5) is 21.7. The third-order valence-electron chi connectivity index (χ3n) is 3.46. The molecule has 0 aliphatic rings. The van der Waals surface area contributed by atoms with E-state index in [9.17, 15) is 4.79 Å². The summed E-state index contributed by atoms with van der Waals surface area (Å²) >= 11 is 0. The molecule has 1 amide bonds. The number of para-hydroxylation sites is 1. The van der Waals surface area contributed by atoms with Gasteiger partial charge in [-0.2, -0.15) is 0 Å². The molecule has 0 radical (unpaired) electrons. The number of benzene rings is 1. The number of carbonyl (C=O) groups excluding carboxylic acids is 1. The Morgan fingerprint density at radius 3 is 2.59 bits per heavy atom. The first-order valence-corrected chi connectivity index (χ1v) is 7.85. The highest BCUT2D eigenvalue weighted by Gasteiger charge is 2.17. The van der Waals surface area contributed by atoms with Gasteiger partial charge < -0.3 is 15.2 Å². The number of carbonyl (C=O) groups is 1. The summed E-state index contributed by atoms with van der Waals surface area (Å²) in [5.41, 5.74) is 2.57. The van der Waals surface area contributed by atoms with E-state index < -0.39 is 0 Å². The van der Waals surface area contributed by atoms with Gasteiger partial charge in [-0.15, -0.1) is 0 Å². The number of aromatic nitrogens is 2. The number of hydrogen-bond acceptors (Lipinski definition) is 3. The molecule has 1 heterocycles. The first kappa shape index (κ1) is 16.1. The minimum Gasteiger partial charge on any atom is -0.379 e. The summed E-state index contributed by atoms with van der Waals surface area (Å²) in [7, 11) is 0. The quantitative estimate of drug-likeness (QED) is 0.786. The summed E-state index contributed by atoms with van der Waals surface area (Å²) in [5.74, 6) is 0.0939. The fourth-order valence-corrected chi connectivity index (χ4v) is 2.42.